The van der Waals surface area contributed by atoms with Crippen LogP contribution in [-0.2, 0) is 9.53 Å². The molecule has 4 aliphatic rings. The van der Waals surface area contributed by atoms with Gasteiger partial charge >= 0.3 is 5.97 Å². The molecule has 0 amide bonds. The number of esters is 1. The highest BCUT2D eigenvalue weighted by Gasteiger charge is 2.59. The van der Waals surface area contributed by atoms with Gasteiger partial charge in [0, 0.05) is 12.8 Å². The van der Waals surface area contributed by atoms with Crippen molar-refractivity contribution in [1.82, 2.24) is 0 Å². The second-order valence-corrected chi connectivity index (χ2v) is 15.3. The molecule has 0 N–H and O–H groups in total. The van der Waals surface area contributed by atoms with E-state index in [-0.39, 0.29) is 12.1 Å². The highest BCUT2D eigenvalue weighted by molar-refractivity contribution is 5.69. The van der Waals surface area contributed by atoms with Gasteiger partial charge in [0.05, 0.1) is 0 Å². The van der Waals surface area contributed by atoms with E-state index < -0.39 is 0 Å². The van der Waals surface area contributed by atoms with Crippen molar-refractivity contribution in [3.8, 4) is 0 Å². The third-order valence-corrected chi connectivity index (χ3v) is 12.8. The molecule has 0 aromatic carbocycles. The van der Waals surface area contributed by atoms with Crippen LogP contribution in [0.5, 0.6) is 0 Å². The minimum absolute atomic E-state index is 0.0479. The van der Waals surface area contributed by atoms with Crippen molar-refractivity contribution in [2.75, 3.05) is 0 Å². The molecule has 0 heterocycles. The van der Waals surface area contributed by atoms with E-state index in [9.17, 15) is 4.79 Å². The summed E-state index contributed by atoms with van der Waals surface area (Å²) in [6, 6.07) is 0. The fraction of sp³-hybridized carbons (Fsp3) is 0.917. The van der Waals surface area contributed by atoms with E-state index in [1.807, 2.05) is 0 Å². The number of fused-ring (bicyclic) bond motifs is 5. The maximum atomic E-state index is 12.5. The van der Waals surface area contributed by atoms with Crippen LogP contribution in [0.4, 0.5) is 0 Å². The summed E-state index contributed by atoms with van der Waals surface area (Å²) in [5.41, 5.74) is 2.52. The molecule has 4 rings (SSSR count). The van der Waals surface area contributed by atoms with Crippen LogP contribution in [-0.4, -0.2) is 12.1 Å². The molecule has 0 spiro atoms. The van der Waals surface area contributed by atoms with Crippen molar-refractivity contribution in [1.29, 1.82) is 0 Å². The molecule has 0 saturated heterocycles. The minimum Gasteiger partial charge on any atom is -0.462 e. The Balaban J connectivity index is 1.34. The number of allylic oxidation sites excluding steroid dienone is 1. The van der Waals surface area contributed by atoms with E-state index >= 15 is 0 Å². The lowest BCUT2D eigenvalue weighted by atomic mass is 9.47. The molecule has 2 heteroatoms. The van der Waals surface area contributed by atoms with Gasteiger partial charge in [-0.25, -0.2) is 0 Å². The number of unbranched alkanes of at least 4 members (excludes halogenated alkanes) is 4. The van der Waals surface area contributed by atoms with E-state index in [1.54, 1.807) is 5.57 Å². The molecule has 0 aromatic heterocycles. The Hall–Kier alpha value is -0.790. The lowest BCUT2D eigenvalue weighted by Gasteiger charge is -2.58. The van der Waals surface area contributed by atoms with Gasteiger partial charge in [-0.3, -0.25) is 4.79 Å². The zero-order valence-electron chi connectivity index (χ0n) is 26.3. The summed E-state index contributed by atoms with van der Waals surface area (Å²) >= 11 is 0. The lowest BCUT2D eigenvalue weighted by Crippen LogP contribution is -2.51. The molecule has 0 bridgehead atoms. The van der Waals surface area contributed by atoms with Crippen LogP contribution in [0.3, 0.4) is 0 Å². The third kappa shape index (κ3) is 6.25. The summed E-state index contributed by atoms with van der Waals surface area (Å²) in [7, 11) is 0. The van der Waals surface area contributed by atoms with Gasteiger partial charge in [-0.1, -0.05) is 98.6 Å². The molecule has 3 saturated carbocycles. The molecule has 0 aliphatic heterocycles. The number of rotatable bonds is 12. The van der Waals surface area contributed by atoms with E-state index in [0.29, 0.717) is 17.3 Å². The number of carbonyl (C=O) groups is 1. The summed E-state index contributed by atoms with van der Waals surface area (Å²) in [6.07, 6.45) is 22.4. The molecule has 0 aromatic rings. The average molecular weight is 527 g/mol. The summed E-state index contributed by atoms with van der Waals surface area (Å²) in [5, 5.41) is 0. The smallest absolute Gasteiger partial charge is 0.306 e. The molecular formula is C36H62O2. The topological polar surface area (TPSA) is 26.3 Å². The zero-order valence-corrected chi connectivity index (χ0v) is 26.3. The first-order valence-electron chi connectivity index (χ1n) is 17.0. The van der Waals surface area contributed by atoms with Crippen molar-refractivity contribution in [2.24, 2.45) is 52.3 Å². The Morgan fingerprint density at radius 2 is 1.71 bits per heavy atom. The number of ether oxygens (including phenoxy) is 1. The van der Waals surface area contributed by atoms with Crippen LogP contribution in [0.25, 0.3) is 0 Å². The molecule has 4 aliphatic carbocycles. The fourth-order valence-corrected chi connectivity index (χ4v) is 9.88. The summed E-state index contributed by atoms with van der Waals surface area (Å²) in [5.74, 6) is 6.11. The van der Waals surface area contributed by atoms with Crippen LogP contribution in [0, 0.1) is 52.3 Å². The highest BCUT2D eigenvalue weighted by Crippen LogP contribution is 2.67. The Labute approximate surface area is 236 Å². The van der Waals surface area contributed by atoms with Gasteiger partial charge < -0.3 is 4.74 Å². The third-order valence-electron chi connectivity index (χ3n) is 12.8. The lowest BCUT2D eigenvalue weighted by molar-refractivity contribution is -0.151. The molecule has 9 atom stereocenters. The fourth-order valence-electron chi connectivity index (χ4n) is 9.88. The molecular weight excluding hydrogens is 464 g/mol. The number of hydrogen-bond acceptors (Lipinski definition) is 2. The summed E-state index contributed by atoms with van der Waals surface area (Å²) < 4.78 is 6.03. The van der Waals surface area contributed by atoms with Crippen molar-refractivity contribution >= 4 is 5.97 Å². The van der Waals surface area contributed by atoms with Gasteiger partial charge in [-0.05, 0) is 104 Å². The van der Waals surface area contributed by atoms with Crippen molar-refractivity contribution in [3.63, 3.8) is 0 Å². The number of carbonyl (C=O) groups excluding carboxylic acids is 1. The molecule has 3 fully saturated rings. The van der Waals surface area contributed by atoms with E-state index in [2.05, 4.69) is 54.5 Å². The first-order chi connectivity index (χ1) is 18.1. The molecule has 2 nitrogen and oxygen atoms in total. The van der Waals surface area contributed by atoms with Crippen molar-refractivity contribution in [2.45, 2.75) is 157 Å². The SMILES string of the molecule is CCCCCCCC(=O)O[C@H]1CC[C@@]2(C)C(=CC[C@H]3[C@@H]4CC[C@H]([C@H](C)CC[C@@H](C)C(C)C)[C@@]4(C)CC[C@@H]32)C1. The second-order valence-electron chi connectivity index (χ2n) is 15.3. The molecule has 218 valence electrons. The first kappa shape index (κ1) is 30.2. The molecule has 0 unspecified atom stereocenters. The number of hydrogen-bond donors (Lipinski definition) is 0. The van der Waals surface area contributed by atoms with Gasteiger partial charge in [0.1, 0.15) is 6.10 Å². The Morgan fingerprint density at radius 1 is 0.947 bits per heavy atom. The average Bonchev–Trinajstić information content (AvgIpc) is 3.24. The zero-order chi connectivity index (χ0) is 27.5. The van der Waals surface area contributed by atoms with Crippen LogP contribution in [0.15, 0.2) is 11.6 Å². The van der Waals surface area contributed by atoms with E-state index in [1.165, 1.54) is 70.6 Å². The van der Waals surface area contributed by atoms with Gasteiger partial charge in [0.25, 0.3) is 0 Å². The van der Waals surface area contributed by atoms with Crippen molar-refractivity contribution < 1.29 is 9.53 Å². The maximum Gasteiger partial charge on any atom is 0.306 e. The summed E-state index contributed by atoms with van der Waals surface area (Å²) in [4.78, 5) is 12.5. The quantitative estimate of drug-likeness (QED) is 0.144. The largest absolute Gasteiger partial charge is 0.462 e. The minimum atomic E-state index is 0.0479. The van der Waals surface area contributed by atoms with E-state index in [4.69, 9.17) is 4.74 Å². The predicted octanol–water partition coefficient (Wildman–Crippen LogP) is 10.5. The van der Waals surface area contributed by atoms with Gasteiger partial charge in [0.15, 0.2) is 0 Å². The van der Waals surface area contributed by atoms with Gasteiger partial charge in [-0.2, -0.15) is 0 Å². The second kappa shape index (κ2) is 12.8. The Bertz CT molecular complexity index is 812. The first-order valence-corrected chi connectivity index (χ1v) is 17.0. The molecule has 38 heavy (non-hydrogen) atoms. The van der Waals surface area contributed by atoms with Gasteiger partial charge in [0.2, 0.25) is 0 Å². The van der Waals surface area contributed by atoms with Crippen LogP contribution >= 0.6 is 0 Å². The van der Waals surface area contributed by atoms with Crippen LogP contribution in [0.1, 0.15) is 151 Å². The van der Waals surface area contributed by atoms with Crippen LogP contribution in [0.2, 0.25) is 0 Å². The monoisotopic (exact) mass is 526 g/mol. The highest BCUT2D eigenvalue weighted by atomic mass is 16.5. The Kier molecular flexibility index (Phi) is 10.2. The summed E-state index contributed by atoms with van der Waals surface area (Å²) in [6.45, 7) is 17.4. The normalized spacial score (nSPS) is 38.1. The Morgan fingerprint density at radius 3 is 2.45 bits per heavy atom. The molecule has 0 radical (unpaired) electrons. The van der Waals surface area contributed by atoms with Crippen molar-refractivity contribution in [3.05, 3.63) is 11.6 Å². The predicted molar refractivity (Wildman–Crippen MR) is 161 cm³/mol. The van der Waals surface area contributed by atoms with Crippen LogP contribution < -0.4 is 0 Å². The maximum absolute atomic E-state index is 12.5. The van der Waals surface area contributed by atoms with Gasteiger partial charge in [-0.15, -0.1) is 0 Å². The van der Waals surface area contributed by atoms with E-state index in [0.717, 1.165) is 67.1 Å². The standard InChI is InChI=1S/C36H62O2/c1-8-9-10-11-12-13-34(37)38-29-20-22-35(6)28(24-29)16-17-30-32-19-18-31(36(32,7)23-21-33(30)35)27(5)15-14-26(4)25(2)3/h16,25-27,29-33H,8-15,17-24H2,1-7H3/t26-,27-,29+,30+,31-,32+,33+,35+,36-/m1/s1.